The average Bonchev–Trinajstić information content (AvgIpc) is 2.68. The largest absolute Gasteiger partial charge is 0.478 e. The fourth-order valence-corrected chi connectivity index (χ4v) is 2.82. The fourth-order valence-electron chi connectivity index (χ4n) is 2.82. The van der Waals surface area contributed by atoms with Crippen LogP contribution in [0.3, 0.4) is 0 Å². The summed E-state index contributed by atoms with van der Waals surface area (Å²) in [5.41, 5.74) is 2.67. The van der Waals surface area contributed by atoms with Gasteiger partial charge in [0.1, 0.15) is 5.75 Å². The van der Waals surface area contributed by atoms with E-state index in [4.69, 9.17) is 9.47 Å². The van der Waals surface area contributed by atoms with Gasteiger partial charge in [-0.2, -0.15) is 0 Å². The Hall–Kier alpha value is -3.35. The molecule has 7 nitrogen and oxygen atoms in total. The molecule has 7 heteroatoms. The van der Waals surface area contributed by atoms with Crippen LogP contribution >= 0.6 is 0 Å². The molecule has 2 amide bonds. The Morgan fingerprint density at radius 3 is 2.64 bits per heavy atom. The molecule has 2 aromatic rings. The van der Waals surface area contributed by atoms with Crippen molar-refractivity contribution in [2.75, 3.05) is 19.0 Å². The number of ether oxygens (including phenoxy) is 2. The Balaban J connectivity index is 1.48. The number of likely N-dealkylation sites (N-methyl/N-ethyl adjacent to an activating group) is 1. The zero-order valence-corrected chi connectivity index (χ0v) is 15.8. The second-order valence-electron chi connectivity index (χ2n) is 6.63. The summed E-state index contributed by atoms with van der Waals surface area (Å²) in [7, 11) is 1.65. The van der Waals surface area contributed by atoms with Gasteiger partial charge in [0.25, 0.3) is 11.8 Å². The standard InChI is InChI=1S/C21H22N2O5/c1-14-7-3-4-8-15(14)12-23(2)19(24)13-27-20(25)11-18-21(26)22-16-9-5-6-10-17(16)28-18/h3-10,18H,11-13H2,1-2H3,(H,22,26). The zero-order valence-electron chi connectivity index (χ0n) is 15.8. The maximum absolute atomic E-state index is 12.2. The maximum atomic E-state index is 12.2. The topological polar surface area (TPSA) is 84.9 Å². The molecule has 0 spiro atoms. The molecule has 1 N–H and O–H groups in total. The molecular formula is C21H22N2O5. The van der Waals surface area contributed by atoms with Crippen molar-refractivity contribution in [3.8, 4) is 5.75 Å². The second kappa shape index (κ2) is 8.56. The summed E-state index contributed by atoms with van der Waals surface area (Å²) < 4.78 is 10.6. The number of carbonyl (C=O) groups excluding carboxylic acids is 3. The molecule has 1 aliphatic heterocycles. The Labute approximate surface area is 163 Å². The molecule has 0 bridgehead atoms. The molecule has 146 valence electrons. The molecule has 1 aliphatic rings. The number of anilines is 1. The van der Waals surface area contributed by atoms with Crippen LogP contribution in [-0.4, -0.2) is 42.4 Å². The molecule has 1 unspecified atom stereocenters. The normalized spacial score (nSPS) is 15.1. The first kappa shape index (κ1) is 19.4. The highest BCUT2D eigenvalue weighted by Gasteiger charge is 2.30. The van der Waals surface area contributed by atoms with Crippen molar-refractivity contribution in [3.63, 3.8) is 0 Å². The number of carbonyl (C=O) groups is 3. The van der Waals surface area contributed by atoms with Crippen molar-refractivity contribution < 1.29 is 23.9 Å². The van der Waals surface area contributed by atoms with Gasteiger partial charge >= 0.3 is 5.97 Å². The van der Waals surface area contributed by atoms with E-state index in [1.165, 1.54) is 4.90 Å². The van der Waals surface area contributed by atoms with Crippen molar-refractivity contribution in [3.05, 3.63) is 59.7 Å². The molecule has 0 aromatic heterocycles. The van der Waals surface area contributed by atoms with E-state index in [0.717, 1.165) is 11.1 Å². The van der Waals surface area contributed by atoms with Crippen LogP contribution in [0.25, 0.3) is 0 Å². The van der Waals surface area contributed by atoms with Gasteiger partial charge in [-0.15, -0.1) is 0 Å². The number of esters is 1. The smallest absolute Gasteiger partial charge is 0.310 e. The summed E-state index contributed by atoms with van der Waals surface area (Å²) in [6.45, 7) is 2.02. The quantitative estimate of drug-likeness (QED) is 0.775. The number of hydrogen-bond donors (Lipinski definition) is 1. The Bertz CT molecular complexity index is 896. The molecule has 0 saturated carbocycles. The van der Waals surface area contributed by atoms with Crippen LogP contribution in [0.1, 0.15) is 17.5 Å². The first-order valence-electron chi connectivity index (χ1n) is 8.94. The predicted molar refractivity (Wildman–Crippen MR) is 103 cm³/mol. The van der Waals surface area contributed by atoms with E-state index < -0.39 is 18.0 Å². The van der Waals surface area contributed by atoms with Gasteiger partial charge in [0.05, 0.1) is 12.1 Å². The van der Waals surface area contributed by atoms with Crippen LogP contribution < -0.4 is 10.1 Å². The van der Waals surface area contributed by atoms with Crippen LogP contribution in [0.5, 0.6) is 5.75 Å². The van der Waals surface area contributed by atoms with Gasteiger partial charge in [0, 0.05) is 13.6 Å². The predicted octanol–water partition coefficient (Wildman–Crippen LogP) is 2.29. The maximum Gasteiger partial charge on any atom is 0.310 e. The molecule has 0 fully saturated rings. The first-order chi connectivity index (χ1) is 13.4. The number of rotatable bonds is 6. The van der Waals surface area contributed by atoms with Crippen molar-refractivity contribution in [2.24, 2.45) is 0 Å². The van der Waals surface area contributed by atoms with Crippen LogP contribution in [0.15, 0.2) is 48.5 Å². The molecule has 2 aromatic carbocycles. The van der Waals surface area contributed by atoms with Crippen molar-refractivity contribution in [1.82, 2.24) is 4.90 Å². The third-order valence-electron chi connectivity index (χ3n) is 4.51. The van der Waals surface area contributed by atoms with Crippen molar-refractivity contribution in [2.45, 2.75) is 26.0 Å². The molecule has 1 atom stereocenters. The van der Waals surface area contributed by atoms with E-state index >= 15 is 0 Å². The minimum absolute atomic E-state index is 0.269. The third kappa shape index (κ3) is 4.68. The van der Waals surface area contributed by atoms with Gasteiger partial charge in [0.15, 0.2) is 12.7 Å². The van der Waals surface area contributed by atoms with E-state index in [2.05, 4.69) is 5.32 Å². The fraction of sp³-hybridized carbons (Fsp3) is 0.286. The highest BCUT2D eigenvalue weighted by molar-refractivity contribution is 5.99. The number of aryl methyl sites for hydroxylation is 1. The molecule has 28 heavy (non-hydrogen) atoms. The summed E-state index contributed by atoms with van der Waals surface area (Å²) in [5.74, 6) is -0.916. The number of fused-ring (bicyclic) bond motifs is 1. The molecule has 1 heterocycles. The molecule has 0 radical (unpaired) electrons. The number of amides is 2. The zero-order chi connectivity index (χ0) is 20.1. The van der Waals surface area contributed by atoms with Gasteiger partial charge in [-0.25, -0.2) is 0 Å². The van der Waals surface area contributed by atoms with Crippen LogP contribution in [0, 0.1) is 6.92 Å². The lowest BCUT2D eigenvalue weighted by Crippen LogP contribution is -2.39. The lowest BCUT2D eigenvalue weighted by molar-refractivity contribution is -0.154. The Kier molecular flexibility index (Phi) is 5.93. The average molecular weight is 382 g/mol. The van der Waals surface area contributed by atoms with Crippen LogP contribution in [-0.2, 0) is 25.7 Å². The van der Waals surface area contributed by atoms with Gasteiger partial charge in [-0.3, -0.25) is 14.4 Å². The monoisotopic (exact) mass is 382 g/mol. The van der Waals surface area contributed by atoms with E-state index in [-0.39, 0.29) is 18.9 Å². The summed E-state index contributed by atoms with van der Waals surface area (Å²) >= 11 is 0. The SMILES string of the molecule is Cc1ccccc1CN(C)C(=O)COC(=O)CC1Oc2ccccc2NC1=O. The van der Waals surface area contributed by atoms with Crippen LogP contribution in [0.4, 0.5) is 5.69 Å². The van der Waals surface area contributed by atoms with Gasteiger partial charge in [-0.05, 0) is 30.2 Å². The summed E-state index contributed by atoms with van der Waals surface area (Å²) in [6.07, 6.45) is -1.25. The second-order valence-corrected chi connectivity index (χ2v) is 6.63. The van der Waals surface area contributed by atoms with Crippen LogP contribution in [0.2, 0.25) is 0 Å². The number of nitrogens with zero attached hydrogens (tertiary/aromatic N) is 1. The van der Waals surface area contributed by atoms with Crippen molar-refractivity contribution >= 4 is 23.5 Å². The number of nitrogens with one attached hydrogen (secondary N) is 1. The van der Waals surface area contributed by atoms with Gasteiger partial charge < -0.3 is 19.7 Å². The lowest BCUT2D eigenvalue weighted by Gasteiger charge is -2.25. The highest BCUT2D eigenvalue weighted by atomic mass is 16.5. The van der Waals surface area contributed by atoms with E-state index in [0.29, 0.717) is 18.0 Å². The summed E-state index contributed by atoms with van der Waals surface area (Å²) in [4.78, 5) is 37.8. The number of para-hydroxylation sites is 2. The van der Waals surface area contributed by atoms with E-state index in [1.807, 2.05) is 31.2 Å². The molecule has 0 saturated heterocycles. The van der Waals surface area contributed by atoms with E-state index in [1.54, 1.807) is 31.3 Å². The molecular weight excluding hydrogens is 360 g/mol. The molecule has 3 rings (SSSR count). The first-order valence-corrected chi connectivity index (χ1v) is 8.94. The van der Waals surface area contributed by atoms with Gasteiger partial charge in [-0.1, -0.05) is 36.4 Å². The third-order valence-corrected chi connectivity index (χ3v) is 4.51. The van der Waals surface area contributed by atoms with Crippen molar-refractivity contribution in [1.29, 1.82) is 0 Å². The summed E-state index contributed by atoms with van der Waals surface area (Å²) in [6, 6.07) is 14.7. The van der Waals surface area contributed by atoms with E-state index in [9.17, 15) is 14.4 Å². The Morgan fingerprint density at radius 1 is 1.14 bits per heavy atom. The lowest BCUT2D eigenvalue weighted by atomic mass is 10.1. The number of benzene rings is 2. The minimum Gasteiger partial charge on any atom is -0.478 e. The summed E-state index contributed by atoms with van der Waals surface area (Å²) in [5, 5.41) is 2.68. The number of hydrogen-bond acceptors (Lipinski definition) is 5. The van der Waals surface area contributed by atoms with Gasteiger partial charge in [0.2, 0.25) is 0 Å². The molecule has 0 aliphatic carbocycles. The minimum atomic E-state index is -0.984. The highest BCUT2D eigenvalue weighted by Crippen LogP contribution is 2.29. The Morgan fingerprint density at radius 2 is 1.86 bits per heavy atom.